The molecule has 0 aromatic heterocycles. The van der Waals surface area contributed by atoms with Crippen molar-refractivity contribution in [3.8, 4) is 0 Å². The summed E-state index contributed by atoms with van der Waals surface area (Å²) in [6.07, 6.45) is 0.258. The van der Waals surface area contributed by atoms with Gasteiger partial charge in [-0.25, -0.2) is 8.78 Å². The van der Waals surface area contributed by atoms with Gasteiger partial charge in [0.05, 0.1) is 5.92 Å². The molecular weight excluding hydrogens is 154 g/mol. The van der Waals surface area contributed by atoms with Crippen molar-refractivity contribution in [2.75, 3.05) is 0 Å². The molecule has 62 valence electrons. The molecule has 2 nitrogen and oxygen atoms in total. The summed E-state index contributed by atoms with van der Waals surface area (Å²) in [6.45, 7) is 0. The maximum absolute atomic E-state index is 12.5. The Kier molecular flexibility index (Phi) is 0.997. The zero-order chi connectivity index (χ0) is 8.28. The molecule has 0 atom stereocenters. The SMILES string of the molecule is O=C(O)C1CC2(C1)CC2(F)F. The maximum atomic E-state index is 12.5. The first kappa shape index (κ1) is 7.00. The van der Waals surface area contributed by atoms with Crippen LogP contribution in [0.2, 0.25) is 0 Å². The molecule has 0 radical (unpaired) electrons. The summed E-state index contributed by atoms with van der Waals surface area (Å²) in [5, 5.41) is 8.42. The fraction of sp³-hybridized carbons (Fsp3) is 0.857. The number of aliphatic carboxylic acids is 1. The summed E-state index contributed by atoms with van der Waals surface area (Å²) in [5.74, 6) is -4.00. The van der Waals surface area contributed by atoms with Gasteiger partial charge in [0.25, 0.3) is 5.92 Å². The van der Waals surface area contributed by atoms with Crippen molar-refractivity contribution in [2.45, 2.75) is 25.2 Å². The van der Waals surface area contributed by atoms with Gasteiger partial charge in [-0.2, -0.15) is 0 Å². The Morgan fingerprint density at radius 2 is 1.91 bits per heavy atom. The van der Waals surface area contributed by atoms with Crippen LogP contribution in [0.1, 0.15) is 19.3 Å². The van der Waals surface area contributed by atoms with E-state index < -0.39 is 23.2 Å². The van der Waals surface area contributed by atoms with Gasteiger partial charge in [-0.3, -0.25) is 4.79 Å². The van der Waals surface area contributed by atoms with E-state index in [1.807, 2.05) is 0 Å². The van der Waals surface area contributed by atoms with Crippen molar-refractivity contribution < 1.29 is 18.7 Å². The van der Waals surface area contributed by atoms with Gasteiger partial charge < -0.3 is 5.11 Å². The second-order valence-corrected chi connectivity index (χ2v) is 3.60. The van der Waals surface area contributed by atoms with E-state index in [0.29, 0.717) is 0 Å². The van der Waals surface area contributed by atoms with Gasteiger partial charge in [-0.1, -0.05) is 0 Å². The quantitative estimate of drug-likeness (QED) is 0.634. The van der Waals surface area contributed by atoms with Crippen LogP contribution in [0.15, 0.2) is 0 Å². The maximum Gasteiger partial charge on any atom is 0.306 e. The molecule has 0 aliphatic heterocycles. The molecule has 0 aromatic rings. The lowest BCUT2D eigenvalue weighted by atomic mass is 9.71. The Morgan fingerprint density at radius 3 is 2.18 bits per heavy atom. The van der Waals surface area contributed by atoms with Crippen LogP contribution in [0.3, 0.4) is 0 Å². The van der Waals surface area contributed by atoms with E-state index >= 15 is 0 Å². The van der Waals surface area contributed by atoms with Gasteiger partial charge in [0.15, 0.2) is 0 Å². The smallest absolute Gasteiger partial charge is 0.306 e. The molecule has 0 aromatic carbocycles. The van der Waals surface area contributed by atoms with Crippen molar-refractivity contribution in [1.82, 2.24) is 0 Å². The van der Waals surface area contributed by atoms with Crippen molar-refractivity contribution in [1.29, 1.82) is 0 Å². The van der Waals surface area contributed by atoms with E-state index in [0.717, 1.165) is 0 Å². The lowest BCUT2D eigenvalue weighted by molar-refractivity contribution is -0.149. The van der Waals surface area contributed by atoms with Crippen LogP contribution in [-0.2, 0) is 4.79 Å². The first-order chi connectivity index (χ1) is 4.97. The van der Waals surface area contributed by atoms with Gasteiger partial charge in [0.2, 0.25) is 0 Å². The average Bonchev–Trinajstić information content (AvgIpc) is 2.29. The highest BCUT2D eigenvalue weighted by atomic mass is 19.3. The largest absolute Gasteiger partial charge is 0.481 e. The van der Waals surface area contributed by atoms with Crippen LogP contribution < -0.4 is 0 Å². The van der Waals surface area contributed by atoms with Gasteiger partial charge in [-0.15, -0.1) is 0 Å². The molecule has 1 N–H and O–H groups in total. The predicted molar refractivity (Wildman–Crippen MR) is 32.4 cm³/mol. The molecule has 2 aliphatic rings. The topological polar surface area (TPSA) is 37.3 Å². The van der Waals surface area contributed by atoms with Crippen LogP contribution in [0.4, 0.5) is 8.78 Å². The van der Waals surface area contributed by atoms with E-state index in [-0.39, 0.29) is 19.3 Å². The highest BCUT2D eigenvalue weighted by molar-refractivity contribution is 5.72. The molecule has 2 aliphatic carbocycles. The molecule has 0 heterocycles. The number of hydrogen-bond acceptors (Lipinski definition) is 1. The molecule has 2 rings (SSSR count). The molecule has 0 saturated heterocycles. The fourth-order valence-electron chi connectivity index (χ4n) is 1.88. The third-order valence-corrected chi connectivity index (χ3v) is 2.83. The molecule has 0 bridgehead atoms. The standard InChI is InChI=1S/C7H8F2O2/c8-7(9)3-6(7)1-4(2-6)5(10)11/h4H,1-3H2,(H,10,11). The summed E-state index contributed by atoms with van der Waals surface area (Å²) in [4.78, 5) is 10.3. The van der Waals surface area contributed by atoms with Crippen molar-refractivity contribution in [2.24, 2.45) is 11.3 Å². The van der Waals surface area contributed by atoms with Crippen LogP contribution >= 0.6 is 0 Å². The lowest BCUT2D eigenvalue weighted by Crippen LogP contribution is -2.35. The lowest BCUT2D eigenvalue weighted by Gasteiger charge is -2.32. The molecule has 1 spiro atoms. The summed E-state index contributed by atoms with van der Waals surface area (Å²) in [7, 11) is 0. The fourth-order valence-corrected chi connectivity index (χ4v) is 1.88. The van der Waals surface area contributed by atoms with Crippen LogP contribution in [0.5, 0.6) is 0 Å². The summed E-state index contributed by atoms with van der Waals surface area (Å²) in [5.41, 5.74) is -0.893. The molecule has 2 saturated carbocycles. The molecule has 2 fully saturated rings. The Hall–Kier alpha value is -0.670. The first-order valence-corrected chi connectivity index (χ1v) is 3.58. The number of alkyl halides is 2. The van der Waals surface area contributed by atoms with Crippen LogP contribution in [0, 0.1) is 11.3 Å². The second kappa shape index (κ2) is 1.57. The summed E-state index contributed by atoms with van der Waals surface area (Å²) < 4.78 is 25.0. The summed E-state index contributed by atoms with van der Waals surface area (Å²) in [6, 6.07) is 0. The third kappa shape index (κ3) is 0.723. The molecular formula is C7H8F2O2. The van der Waals surface area contributed by atoms with Crippen LogP contribution in [-0.4, -0.2) is 17.0 Å². The first-order valence-electron chi connectivity index (χ1n) is 3.58. The number of carbonyl (C=O) groups is 1. The molecule has 11 heavy (non-hydrogen) atoms. The van der Waals surface area contributed by atoms with E-state index in [1.54, 1.807) is 0 Å². The van der Waals surface area contributed by atoms with E-state index in [9.17, 15) is 13.6 Å². The number of halogens is 2. The summed E-state index contributed by atoms with van der Waals surface area (Å²) >= 11 is 0. The minimum Gasteiger partial charge on any atom is -0.481 e. The number of carboxylic acid groups (broad SMARTS) is 1. The normalized spacial score (nSPS) is 45.1. The number of carboxylic acids is 1. The Morgan fingerprint density at radius 1 is 1.45 bits per heavy atom. The molecule has 0 unspecified atom stereocenters. The zero-order valence-corrected chi connectivity index (χ0v) is 5.81. The van der Waals surface area contributed by atoms with E-state index in [1.165, 1.54) is 0 Å². The van der Waals surface area contributed by atoms with Gasteiger partial charge in [0, 0.05) is 11.8 Å². The minimum atomic E-state index is -2.56. The zero-order valence-electron chi connectivity index (χ0n) is 5.81. The molecule has 4 heteroatoms. The third-order valence-electron chi connectivity index (χ3n) is 2.83. The van der Waals surface area contributed by atoms with Crippen molar-refractivity contribution in [3.05, 3.63) is 0 Å². The van der Waals surface area contributed by atoms with Crippen LogP contribution in [0.25, 0.3) is 0 Å². The number of rotatable bonds is 1. The number of hydrogen-bond donors (Lipinski definition) is 1. The Balaban J connectivity index is 1.95. The second-order valence-electron chi connectivity index (χ2n) is 3.60. The monoisotopic (exact) mass is 162 g/mol. The van der Waals surface area contributed by atoms with Gasteiger partial charge >= 0.3 is 5.97 Å². The Bertz CT molecular complexity index is 218. The van der Waals surface area contributed by atoms with Crippen molar-refractivity contribution >= 4 is 5.97 Å². The predicted octanol–water partition coefficient (Wildman–Crippen LogP) is 1.51. The van der Waals surface area contributed by atoms with E-state index in [2.05, 4.69) is 0 Å². The van der Waals surface area contributed by atoms with E-state index in [4.69, 9.17) is 5.11 Å². The average molecular weight is 162 g/mol. The molecule has 0 amide bonds. The highest BCUT2D eigenvalue weighted by Crippen LogP contribution is 2.72. The minimum absolute atomic E-state index is 0.0935. The Labute approximate surface area is 62.2 Å². The van der Waals surface area contributed by atoms with Gasteiger partial charge in [-0.05, 0) is 12.8 Å². The van der Waals surface area contributed by atoms with Gasteiger partial charge in [0.1, 0.15) is 0 Å². The van der Waals surface area contributed by atoms with Crippen molar-refractivity contribution in [3.63, 3.8) is 0 Å². The highest BCUT2D eigenvalue weighted by Gasteiger charge is 2.76.